The van der Waals surface area contributed by atoms with Crippen molar-refractivity contribution in [2.24, 2.45) is 17.6 Å². The number of hydrogen-bond donors (Lipinski definition) is 3. The van der Waals surface area contributed by atoms with Gasteiger partial charge in [-0.05, 0) is 18.8 Å². The number of nitrogens with zero attached hydrogens (tertiary/aromatic N) is 1. The molecule has 3 amide bonds. The van der Waals surface area contributed by atoms with Crippen molar-refractivity contribution < 1.29 is 19.5 Å². The third-order valence-corrected chi connectivity index (χ3v) is 3.49. The number of urea groups is 1. The first-order valence-corrected chi connectivity index (χ1v) is 6.86. The smallest absolute Gasteiger partial charge is 0.314 e. The van der Waals surface area contributed by atoms with Crippen molar-refractivity contribution in [3.05, 3.63) is 0 Å². The number of primary amides is 1. The van der Waals surface area contributed by atoms with E-state index in [1.54, 1.807) is 13.8 Å². The minimum atomic E-state index is -0.857. The maximum absolute atomic E-state index is 11.7. The van der Waals surface area contributed by atoms with Crippen LogP contribution in [0.25, 0.3) is 0 Å². The third-order valence-electron chi connectivity index (χ3n) is 3.49. The zero-order chi connectivity index (χ0) is 15.3. The number of carbonyl (C=O) groups excluding carboxylic acids is 2. The molecular formula is C13H23N3O4. The highest BCUT2D eigenvalue weighted by molar-refractivity contribution is 5.78. The zero-order valence-corrected chi connectivity index (χ0v) is 12.0. The van der Waals surface area contributed by atoms with E-state index in [1.807, 2.05) is 0 Å². The number of likely N-dealkylation sites (tertiary alicyclic amines) is 1. The predicted molar refractivity (Wildman–Crippen MR) is 72.9 cm³/mol. The van der Waals surface area contributed by atoms with Crippen LogP contribution < -0.4 is 11.1 Å². The third kappa shape index (κ3) is 5.07. The summed E-state index contributed by atoms with van der Waals surface area (Å²) in [5.74, 6) is -1.01. The van der Waals surface area contributed by atoms with Gasteiger partial charge in [0.15, 0.2) is 0 Å². The van der Waals surface area contributed by atoms with Crippen molar-refractivity contribution in [3.8, 4) is 0 Å². The van der Waals surface area contributed by atoms with Crippen molar-refractivity contribution in [3.63, 3.8) is 0 Å². The summed E-state index contributed by atoms with van der Waals surface area (Å²) in [6, 6.07) is -0.696. The lowest BCUT2D eigenvalue weighted by Gasteiger charge is -2.37. The van der Waals surface area contributed by atoms with E-state index in [1.165, 1.54) is 4.90 Å². The van der Waals surface area contributed by atoms with Gasteiger partial charge in [0, 0.05) is 31.5 Å². The first kappa shape index (κ1) is 16.3. The molecule has 1 heterocycles. The van der Waals surface area contributed by atoms with Gasteiger partial charge >= 0.3 is 12.0 Å². The number of nitrogens with two attached hydrogens (primary N) is 1. The molecule has 0 aliphatic carbocycles. The van der Waals surface area contributed by atoms with Crippen LogP contribution in [0.4, 0.5) is 4.79 Å². The van der Waals surface area contributed by atoms with Crippen LogP contribution in [0, 0.1) is 11.8 Å². The maximum atomic E-state index is 11.7. The molecule has 0 aromatic heterocycles. The van der Waals surface area contributed by atoms with E-state index in [4.69, 9.17) is 10.8 Å². The molecule has 1 saturated heterocycles. The van der Waals surface area contributed by atoms with E-state index in [9.17, 15) is 14.4 Å². The van der Waals surface area contributed by atoms with Crippen LogP contribution in [0.15, 0.2) is 0 Å². The fourth-order valence-electron chi connectivity index (χ4n) is 2.39. The van der Waals surface area contributed by atoms with Gasteiger partial charge in [-0.25, -0.2) is 4.79 Å². The minimum Gasteiger partial charge on any atom is -0.481 e. The SMILES string of the molecule is CC(C)C(=O)NC1CC(CCC(=O)O)CN(C(N)=O)C1. The van der Waals surface area contributed by atoms with E-state index in [0.717, 1.165) is 0 Å². The van der Waals surface area contributed by atoms with Gasteiger partial charge in [0.05, 0.1) is 0 Å². The highest BCUT2D eigenvalue weighted by atomic mass is 16.4. The number of piperidine rings is 1. The lowest BCUT2D eigenvalue weighted by atomic mass is 9.90. The molecule has 1 aliphatic rings. The van der Waals surface area contributed by atoms with E-state index in [2.05, 4.69) is 5.32 Å². The first-order chi connectivity index (χ1) is 9.29. The molecule has 1 aliphatic heterocycles. The highest BCUT2D eigenvalue weighted by Gasteiger charge is 2.30. The number of carboxylic acid groups (broad SMARTS) is 1. The van der Waals surface area contributed by atoms with Crippen LogP contribution in [0.1, 0.15) is 33.1 Å². The molecule has 2 atom stereocenters. The van der Waals surface area contributed by atoms with Crippen molar-refractivity contribution in [1.29, 1.82) is 0 Å². The van der Waals surface area contributed by atoms with Crippen molar-refractivity contribution in [1.82, 2.24) is 10.2 Å². The van der Waals surface area contributed by atoms with Gasteiger partial charge in [0.2, 0.25) is 5.91 Å². The highest BCUT2D eigenvalue weighted by Crippen LogP contribution is 2.21. The van der Waals surface area contributed by atoms with Crippen LogP contribution in [-0.4, -0.2) is 47.0 Å². The van der Waals surface area contributed by atoms with Crippen LogP contribution in [0.2, 0.25) is 0 Å². The Kier molecular flexibility index (Phi) is 5.79. The average Bonchev–Trinajstić information content (AvgIpc) is 2.35. The van der Waals surface area contributed by atoms with Gasteiger partial charge in [-0.2, -0.15) is 0 Å². The van der Waals surface area contributed by atoms with E-state index < -0.39 is 12.0 Å². The average molecular weight is 285 g/mol. The molecule has 7 heteroatoms. The lowest BCUT2D eigenvalue weighted by Crippen LogP contribution is -2.54. The van der Waals surface area contributed by atoms with Crippen LogP contribution in [0.3, 0.4) is 0 Å². The molecule has 0 radical (unpaired) electrons. The lowest BCUT2D eigenvalue weighted by molar-refractivity contribution is -0.137. The van der Waals surface area contributed by atoms with E-state index in [-0.39, 0.29) is 30.2 Å². The fraction of sp³-hybridized carbons (Fsp3) is 0.769. The summed E-state index contributed by atoms with van der Waals surface area (Å²) in [6.07, 6.45) is 1.21. The fourth-order valence-corrected chi connectivity index (χ4v) is 2.39. The molecule has 0 bridgehead atoms. The van der Waals surface area contributed by atoms with E-state index >= 15 is 0 Å². The normalized spacial score (nSPS) is 22.6. The second-order valence-corrected chi connectivity index (χ2v) is 5.64. The van der Waals surface area contributed by atoms with Gasteiger partial charge in [-0.3, -0.25) is 9.59 Å². The molecule has 0 aromatic carbocycles. The topological polar surface area (TPSA) is 113 Å². The maximum Gasteiger partial charge on any atom is 0.314 e. The molecule has 4 N–H and O–H groups in total. The number of rotatable bonds is 5. The molecule has 114 valence electrons. The Morgan fingerprint density at radius 1 is 1.35 bits per heavy atom. The molecule has 2 unspecified atom stereocenters. The number of aliphatic carboxylic acids is 1. The van der Waals surface area contributed by atoms with Gasteiger partial charge in [-0.15, -0.1) is 0 Å². The number of nitrogens with one attached hydrogen (secondary N) is 1. The number of amides is 3. The predicted octanol–water partition coefficient (Wildman–Crippen LogP) is 0.393. The molecule has 0 saturated carbocycles. The van der Waals surface area contributed by atoms with Crippen molar-refractivity contribution in [2.75, 3.05) is 13.1 Å². The second-order valence-electron chi connectivity index (χ2n) is 5.64. The van der Waals surface area contributed by atoms with Gasteiger partial charge < -0.3 is 21.1 Å². The Labute approximate surface area is 118 Å². The number of carbonyl (C=O) groups is 3. The number of hydrogen-bond acceptors (Lipinski definition) is 3. The Bertz CT molecular complexity index is 384. The zero-order valence-electron chi connectivity index (χ0n) is 12.0. The molecule has 20 heavy (non-hydrogen) atoms. The Morgan fingerprint density at radius 2 is 2.00 bits per heavy atom. The van der Waals surface area contributed by atoms with Crippen LogP contribution >= 0.6 is 0 Å². The quantitative estimate of drug-likeness (QED) is 0.678. The standard InChI is InChI=1S/C13H23N3O4/c1-8(2)12(19)15-10-5-9(3-4-11(17)18)6-16(7-10)13(14)20/h8-10H,3-7H2,1-2H3,(H2,14,20)(H,15,19)(H,17,18). The van der Waals surface area contributed by atoms with Crippen LogP contribution in [-0.2, 0) is 9.59 Å². The largest absolute Gasteiger partial charge is 0.481 e. The molecule has 1 rings (SSSR count). The van der Waals surface area contributed by atoms with Crippen molar-refractivity contribution >= 4 is 17.9 Å². The van der Waals surface area contributed by atoms with E-state index in [0.29, 0.717) is 25.9 Å². The summed E-state index contributed by atoms with van der Waals surface area (Å²) in [5, 5.41) is 11.6. The Balaban J connectivity index is 2.62. The molecule has 1 fully saturated rings. The monoisotopic (exact) mass is 285 g/mol. The molecular weight excluding hydrogens is 262 g/mol. The molecule has 0 aromatic rings. The summed E-state index contributed by atoms with van der Waals surface area (Å²) < 4.78 is 0. The summed E-state index contributed by atoms with van der Waals surface area (Å²) >= 11 is 0. The Hall–Kier alpha value is -1.79. The van der Waals surface area contributed by atoms with Crippen LogP contribution in [0.5, 0.6) is 0 Å². The molecule has 0 spiro atoms. The molecule has 7 nitrogen and oxygen atoms in total. The first-order valence-electron chi connectivity index (χ1n) is 6.86. The van der Waals surface area contributed by atoms with Gasteiger partial charge in [0.25, 0.3) is 0 Å². The van der Waals surface area contributed by atoms with Gasteiger partial charge in [-0.1, -0.05) is 13.8 Å². The van der Waals surface area contributed by atoms with Crippen molar-refractivity contribution in [2.45, 2.75) is 39.2 Å². The summed E-state index contributed by atoms with van der Waals surface area (Å²) in [5.41, 5.74) is 5.30. The number of carboxylic acids is 1. The minimum absolute atomic E-state index is 0.0461. The summed E-state index contributed by atoms with van der Waals surface area (Å²) in [6.45, 7) is 4.44. The summed E-state index contributed by atoms with van der Waals surface area (Å²) in [4.78, 5) is 35.1. The second kappa shape index (κ2) is 7.12. The Morgan fingerprint density at radius 3 is 2.50 bits per heavy atom. The van der Waals surface area contributed by atoms with Gasteiger partial charge in [0.1, 0.15) is 0 Å². The summed E-state index contributed by atoms with van der Waals surface area (Å²) in [7, 11) is 0.